The number of H-pyrrole nitrogens is 2. The Hall–Kier alpha value is -3.82. The van der Waals surface area contributed by atoms with E-state index in [2.05, 4.69) is 10.2 Å². The summed E-state index contributed by atoms with van der Waals surface area (Å²) in [6.07, 6.45) is -0.556. The van der Waals surface area contributed by atoms with E-state index in [-0.39, 0.29) is 35.2 Å². The fraction of sp³-hybridized carbons (Fsp3) is 0.190. The van der Waals surface area contributed by atoms with Crippen LogP contribution in [0.1, 0.15) is 45.1 Å². The van der Waals surface area contributed by atoms with Crippen LogP contribution in [0.15, 0.2) is 41.2 Å². The van der Waals surface area contributed by atoms with Gasteiger partial charge in [-0.3, -0.25) is 14.7 Å². The van der Waals surface area contributed by atoms with Crippen molar-refractivity contribution in [1.29, 1.82) is 0 Å². The van der Waals surface area contributed by atoms with E-state index in [1.807, 2.05) is 0 Å². The standard InChI is InChI=1S/C21H17F3N2O5/c1-31-18(27)8-13(10-2-4-11(5-3-10)21(29)30)19-17(25-26-20(19)28)7-12-6-15(23)16(24)9-14(12)22/h2-6,9,13H,7-8H2,1H3,(H,29,30)(H2,25,26,28)/t13-/m0/s1. The van der Waals surface area contributed by atoms with Crippen molar-refractivity contribution in [2.75, 3.05) is 7.11 Å². The summed E-state index contributed by atoms with van der Waals surface area (Å²) >= 11 is 0. The lowest BCUT2D eigenvalue weighted by molar-refractivity contribution is -0.140. The molecule has 31 heavy (non-hydrogen) atoms. The predicted molar refractivity (Wildman–Crippen MR) is 102 cm³/mol. The van der Waals surface area contributed by atoms with E-state index in [1.165, 1.54) is 31.4 Å². The number of carboxylic acids is 1. The molecule has 0 aliphatic heterocycles. The van der Waals surface area contributed by atoms with Crippen molar-refractivity contribution in [3.63, 3.8) is 0 Å². The molecule has 0 spiro atoms. The fourth-order valence-electron chi connectivity index (χ4n) is 3.30. The van der Waals surface area contributed by atoms with Crippen LogP contribution in [-0.2, 0) is 16.0 Å². The molecule has 0 saturated carbocycles. The Morgan fingerprint density at radius 1 is 1.03 bits per heavy atom. The zero-order chi connectivity index (χ0) is 22.7. The molecule has 0 aliphatic rings. The molecule has 1 heterocycles. The van der Waals surface area contributed by atoms with Gasteiger partial charge in [0.25, 0.3) is 5.56 Å². The number of halogens is 3. The third-order valence-corrected chi connectivity index (χ3v) is 4.86. The quantitative estimate of drug-likeness (QED) is 0.391. The second-order valence-corrected chi connectivity index (χ2v) is 6.77. The molecule has 2 aromatic carbocycles. The van der Waals surface area contributed by atoms with Gasteiger partial charge in [-0.05, 0) is 29.3 Å². The number of rotatable bonds is 7. The SMILES string of the molecule is COC(=O)C[C@@H](c1ccc(C(=O)O)cc1)c1c(Cc2cc(F)c(F)cc2F)[nH][nH]c1=O. The Bertz CT molecular complexity index is 1180. The van der Waals surface area contributed by atoms with Gasteiger partial charge in [0.15, 0.2) is 11.6 Å². The molecule has 0 aliphatic carbocycles. The number of ether oxygens (including phenoxy) is 1. The number of methoxy groups -OCH3 is 1. The molecule has 3 N–H and O–H groups in total. The van der Waals surface area contributed by atoms with Gasteiger partial charge in [0, 0.05) is 29.7 Å². The molecule has 0 unspecified atom stereocenters. The first-order valence-corrected chi connectivity index (χ1v) is 9.04. The lowest BCUT2D eigenvalue weighted by atomic mass is 9.87. The molecule has 0 bridgehead atoms. The maximum Gasteiger partial charge on any atom is 0.335 e. The largest absolute Gasteiger partial charge is 0.478 e. The molecule has 1 atom stereocenters. The van der Waals surface area contributed by atoms with Crippen LogP contribution in [0.3, 0.4) is 0 Å². The van der Waals surface area contributed by atoms with Crippen molar-refractivity contribution in [2.24, 2.45) is 0 Å². The number of hydrogen-bond acceptors (Lipinski definition) is 4. The third-order valence-electron chi connectivity index (χ3n) is 4.86. The summed E-state index contributed by atoms with van der Waals surface area (Å²) in [4.78, 5) is 35.6. The number of benzene rings is 2. The second kappa shape index (κ2) is 8.90. The predicted octanol–water partition coefficient (Wildman–Crippen LogP) is 3.10. The summed E-state index contributed by atoms with van der Waals surface area (Å²) < 4.78 is 45.6. The molecule has 0 saturated heterocycles. The van der Waals surface area contributed by atoms with Gasteiger partial charge >= 0.3 is 11.9 Å². The van der Waals surface area contributed by atoms with Crippen LogP contribution in [0.25, 0.3) is 0 Å². The van der Waals surface area contributed by atoms with E-state index in [1.54, 1.807) is 0 Å². The summed E-state index contributed by atoms with van der Waals surface area (Å²) in [5, 5.41) is 14.0. The summed E-state index contributed by atoms with van der Waals surface area (Å²) in [7, 11) is 1.17. The van der Waals surface area contributed by atoms with E-state index < -0.39 is 40.9 Å². The molecular weight excluding hydrogens is 417 g/mol. The highest BCUT2D eigenvalue weighted by molar-refractivity contribution is 5.87. The summed E-state index contributed by atoms with van der Waals surface area (Å²) in [5.74, 6) is -6.24. The number of nitrogens with one attached hydrogen (secondary N) is 2. The smallest absolute Gasteiger partial charge is 0.335 e. The van der Waals surface area contributed by atoms with Crippen molar-refractivity contribution >= 4 is 11.9 Å². The monoisotopic (exact) mass is 434 g/mol. The van der Waals surface area contributed by atoms with E-state index in [0.29, 0.717) is 17.7 Å². The highest BCUT2D eigenvalue weighted by atomic mass is 19.2. The summed E-state index contributed by atoms with van der Waals surface area (Å²) in [6, 6.07) is 6.63. The highest BCUT2D eigenvalue weighted by Crippen LogP contribution is 2.30. The average Bonchev–Trinajstić information content (AvgIpc) is 3.10. The van der Waals surface area contributed by atoms with Gasteiger partial charge in [0.2, 0.25) is 0 Å². The maximum absolute atomic E-state index is 14.1. The zero-order valence-electron chi connectivity index (χ0n) is 16.2. The molecule has 162 valence electrons. The first kappa shape index (κ1) is 21.9. The van der Waals surface area contributed by atoms with Gasteiger partial charge in [0.1, 0.15) is 5.82 Å². The maximum atomic E-state index is 14.1. The minimum atomic E-state index is -1.34. The number of aromatic nitrogens is 2. The van der Waals surface area contributed by atoms with Crippen molar-refractivity contribution < 1.29 is 32.6 Å². The van der Waals surface area contributed by atoms with Crippen LogP contribution < -0.4 is 5.56 Å². The van der Waals surface area contributed by atoms with Gasteiger partial charge in [-0.25, -0.2) is 18.0 Å². The van der Waals surface area contributed by atoms with E-state index in [4.69, 9.17) is 9.84 Å². The van der Waals surface area contributed by atoms with Gasteiger partial charge < -0.3 is 14.9 Å². The molecule has 1 aromatic heterocycles. The van der Waals surface area contributed by atoms with E-state index >= 15 is 0 Å². The number of carbonyl (C=O) groups is 2. The second-order valence-electron chi connectivity index (χ2n) is 6.77. The number of aromatic carboxylic acids is 1. The number of carboxylic acid groups (broad SMARTS) is 1. The Kier molecular flexibility index (Phi) is 6.28. The first-order valence-electron chi connectivity index (χ1n) is 9.04. The van der Waals surface area contributed by atoms with Crippen LogP contribution in [0.4, 0.5) is 13.2 Å². The Morgan fingerprint density at radius 2 is 1.68 bits per heavy atom. The normalized spacial score (nSPS) is 11.9. The van der Waals surface area contributed by atoms with Crippen LogP contribution >= 0.6 is 0 Å². The lowest BCUT2D eigenvalue weighted by Crippen LogP contribution is -2.18. The molecule has 7 nitrogen and oxygen atoms in total. The minimum Gasteiger partial charge on any atom is -0.478 e. The van der Waals surface area contributed by atoms with Crippen LogP contribution in [0.5, 0.6) is 0 Å². The molecular formula is C21H17F3N2O5. The van der Waals surface area contributed by atoms with Crippen molar-refractivity contribution in [2.45, 2.75) is 18.8 Å². The summed E-state index contributed by atoms with van der Waals surface area (Å²) in [6.45, 7) is 0. The topological polar surface area (TPSA) is 112 Å². The van der Waals surface area contributed by atoms with Crippen LogP contribution in [0.2, 0.25) is 0 Å². The Morgan fingerprint density at radius 3 is 2.29 bits per heavy atom. The molecule has 0 radical (unpaired) electrons. The molecule has 0 fully saturated rings. The van der Waals surface area contributed by atoms with Crippen molar-refractivity contribution in [1.82, 2.24) is 10.2 Å². The van der Waals surface area contributed by atoms with Crippen LogP contribution in [-0.4, -0.2) is 34.4 Å². The molecule has 0 amide bonds. The van der Waals surface area contributed by atoms with Gasteiger partial charge in [0.05, 0.1) is 19.1 Å². The van der Waals surface area contributed by atoms with Gasteiger partial charge in [-0.15, -0.1) is 0 Å². The third kappa shape index (κ3) is 4.68. The Labute approximate surface area is 173 Å². The fourth-order valence-corrected chi connectivity index (χ4v) is 3.30. The molecule has 3 aromatic rings. The van der Waals surface area contributed by atoms with E-state index in [9.17, 15) is 27.6 Å². The number of esters is 1. The van der Waals surface area contributed by atoms with Crippen molar-refractivity contribution in [3.05, 3.63) is 92.2 Å². The number of hydrogen-bond donors (Lipinski definition) is 3. The Balaban J connectivity index is 2.07. The average molecular weight is 434 g/mol. The van der Waals surface area contributed by atoms with Gasteiger partial charge in [-0.2, -0.15) is 0 Å². The lowest BCUT2D eigenvalue weighted by Gasteiger charge is -2.17. The van der Waals surface area contributed by atoms with Crippen molar-refractivity contribution in [3.8, 4) is 0 Å². The zero-order valence-corrected chi connectivity index (χ0v) is 16.2. The number of aromatic amines is 2. The first-order chi connectivity index (χ1) is 14.7. The highest BCUT2D eigenvalue weighted by Gasteiger charge is 2.27. The van der Waals surface area contributed by atoms with Gasteiger partial charge in [-0.1, -0.05) is 12.1 Å². The molecule has 3 rings (SSSR count). The molecule has 10 heteroatoms. The van der Waals surface area contributed by atoms with E-state index in [0.717, 1.165) is 0 Å². The van der Waals surface area contributed by atoms with Crippen LogP contribution in [0, 0.1) is 17.5 Å². The minimum absolute atomic E-state index is 0.00706. The summed E-state index contributed by atoms with van der Waals surface area (Å²) in [5.41, 5.74) is -0.133. The number of carbonyl (C=O) groups excluding carboxylic acids is 1.